The molecule has 1 aromatic carbocycles. The largest absolute Gasteiger partial charge is 0.473 e. The molecule has 0 aliphatic heterocycles. The van der Waals surface area contributed by atoms with Crippen LogP contribution in [0, 0.1) is 6.92 Å². The van der Waals surface area contributed by atoms with Crippen molar-refractivity contribution in [3.05, 3.63) is 83.1 Å². The van der Waals surface area contributed by atoms with E-state index < -0.39 is 0 Å². The van der Waals surface area contributed by atoms with Crippen LogP contribution >= 0.6 is 0 Å². The first-order valence-corrected chi connectivity index (χ1v) is 10.6. The van der Waals surface area contributed by atoms with E-state index in [1.165, 1.54) is 6.20 Å². The van der Waals surface area contributed by atoms with Crippen LogP contribution in [0.25, 0.3) is 11.3 Å². The van der Waals surface area contributed by atoms with Gasteiger partial charge in [-0.15, -0.1) is 0 Å². The summed E-state index contributed by atoms with van der Waals surface area (Å²) in [5.41, 5.74) is 4.01. The lowest BCUT2D eigenvalue weighted by molar-refractivity contribution is 0.0979. The normalized spacial score (nSPS) is 11.1. The number of ketones is 1. The maximum absolute atomic E-state index is 12.5. The van der Waals surface area contributed by atoms with E-state index in [1.54, 1.807) is 12.1 Å². The molecule has 0 bridgehead atoms. The van der Waals surface area contributed by atoms with Gasteiger partial charge < -0.3 is 13.8 Å². The van der Waals surface area contributed by atoms with E-state index in [4.69, 9.17) is 13.8 Å². The Morgan fingerprint density at radius 2 is 1.88 bits per heavy atom. The maximum atomic E-state index is 12.5. The molecule has 32 heavy (non-hydrogen) atoms. The number of benzene rings is 1. The third-order valence-corrected chi connectivity index (χ3v) is 5.22. The number of hydrogen-bond acceptors (Lipinski definition) is 7. The van der Waals surface area contributed by atoms with Crippen molar-refractivity contribution in [2.24, 2.45) is 0 Å². The molecule has 7 nitrogen and oxygen atoms in total. The minimum atomic E-state index is -0.00668. The van der Waals surface area contributed by atoms with Crippen LogP contribution in [-0.4, -0.2) is 21.1 Å². The molecule has 0 aliphatic rings. The molecule has 0 saturated carbocycles. The summed E-state index contributed by atoms with van der Waals surface area (Å²) in [4.78, 5) is 16.8. The number of hydrogen-bond donors (Lipinski definition) is 0. The van der Waals surface area contributed by atoms with E-state index in [0.717, 1.165) is 22.5 Å². The summed E-state index contributed by atoms with van der Waals surface area (Å²) in [6, 6.07) is 15.1. The van der Waals surface area contributed by atoms with Crippen molar-refractivity contribution in [3.63, 3.8) is 0 Å². The number of carbonyl (C=O) groups is 1. The highest BCUT2D eigenvalue weighted by atomic mass is 16.5. The van der Waals surface area contributed by atoms with Gasteiger partial charge in [0.25, 0.3) is 0 Å². The molecule has 0 aliphatic carbocycles. The van der Waals surface area contributed by atoms with Crippen LogP contribution in [0.15, 0.2) is 63.8 Å². The zero-order chi connectivity index (χ0) is 22.5. The molecule has 7 heteroatoms. The number of Topliss-reactive ketones (excluding diaryl/α,β-unsaturated/α-hetero) is 1. The SMILES string of the molecule is Cc1onc(-c2ccccc2)c1COc1ccc(C(=O)CCc2cc(C(C)C)no2)cn1. The van der Waals surface area contributed by atoms with Crippen molar-refractivity contribution in [1.82, 2.24) is 15.3 Å². The maximum Gasteiger partial charge on any atom is 0.213 e. The molecule has 4 aromatic rings. The first kappa shape index (κ1) is 21.5. The molecule has 0 amide bonds. The third-order valence-electron chi connectivity index (χ3n) is 5.22. The number of carbonyl (C=O) groups excluding carboxylic acids is 1. The third kappa shape index (κ3) is 4.94. The Bertz CT molecular complexity index is 1180. The summed E-state index contributed by atoms with van der Waals surface area (Å²) >= 11 is 0. The van der Waals surface area contributed by atoms with Crippen LogP contribution < -0.4 is 4.74 Å². The van der Waals surface area contributed by atoms with Crippen molar-refractivity contribution in [3.8, 4) is 17.1 Å². The molecule has 3 heterocycles. The van der Waals surface area contributed by atoms with Gasteiger partial charge in [0, 0.05) is 42.3 Å². The Morgan fingerprint density at radius 1 is 1.06 bits per heavy atom. The van der Waals surface area contributed by atoms with Gasteiger partial charge in [-0.1, -0.05) is 54.5 Å². The highest BCUT2D eigenvalue weighted by molar-refractivity contribution is 5.95. The van der Waals surface area contributed by atoms with Gasteiger partial charge >= 0.3 is 0 Å². The average molecular weight is 431 g/mol. The van der Waals surface area contributed by atoms with Crippen molar-refractivity contribution in [1.29, 1.82) is 0 Å². The lowest BCUT2D eigenvalue weighted by Gasteiger charge is -2.07. The number of aryl methyl sites for hydroxylation is 2. The Labute approximate surface area is 186 Å². The summed E-state index contributed by atoms with van der Waals surface area (Å²) in [5, 5.41) is 8.18. The molecule has 0 saturated heterocycles. The second-order valence-corrected chi connectivity index (χ2v) is 7.90. The number of pyridine rings is 1. The molecule has 0 spiro atoms. The van der Waals surface area contributed by atoms with Gasteiger partial charge in [0.2, 0.25) is 5.88 Å². The minimum absolute atomic E-state index is 0.00668. The predicted molar refractivity (Wildman–Crippen MR) is 118 cm³/mol. The molecule has 0 N–H and O–H groups in total. The molecule has 0 atom stereocenters. The van der Waals surface area contributed by atoms with Gasteiger partial charge in [0.15, 0.2) is 5.78 Å². The minimum Gasteiger partial charge on any atom is -0.473 e. The number of rotatable bonds is 9. The van der Waals surface area contributed by atoms with Gasteiger partial charge in [-0.3, -0.25) is 4.79 Å². The summed E-state index contributed by atoms with van der Waals surface area (Å²) < 4.78 is 16.5. The van der Waals surface area contributed by atoms with Crippen molar-refractivity contribution in [2.75, 3.05) is 0 Å². The highest BCUT2D eigenvalue weighted by Crippen LogP contribution is 2.26. The fraction of sp³-hybridized carbons (Fsp3) is 0.280. The summed E-state index contributed by atoms with van der Waals surface area (Å²) in [6.07, 6.45) is 2.37. The monoisotopic (exact) mass is 431 g/mol. The summed E-state index contributed by atoms with van der Waals surface area (Å²) in [7, 11) is 0. The van der Waals surface area contributed by atoms with Gasteiger partial charge in [-0.05, 0) is 18.9 Å². The summed E-state index contributed by atoms with van der Waals surface area (Å²) in [6.45, 7) is 6.22. The molecular weight excluding hydrogens is 406 g/mol. The van der Waals surface area contributed by atoms with Crippen molar-refractivity contribution in [2.45, 2.75) is 46.1 Å². The van der Waals surface area contributed by atoms with Crippen molar-refractivity contribution < 1.29 is 18.6 Å². The first-order valence-electron chi connectivity index (χ1n) is 10.6. The first-order chi connectivity index (χ1) is 15.5. The van der Waals surface area contributed by atoms with Gasteiger partial charge in [0.1, 0.15) is 23.8 Å². The molecule has 164 valence electrons. The van der Waals surface area contributed by atoms with Crippen LogP contribution in [0.5, 0.6) is 5.88 Å². The molecular formula is C25H25N3O4. The van der Waals surface area contributed by atoms with Gasteiger partial charge in [0.05, 0.1) is 11.3 Å². The quantitative estimate of drug-likeness (QED) is 0.321. The van der Waals surface area contributed by atoms with Crippen LogP contribution in [0.2, 0.25) is 0 Å². The number of nitrogens with zero attached hydrogens (tertiary/aromatic N) is 3. The molecule has 3 aromatic heterocycles. The van der Waals surface area contributed by atoms with E-state index in [9.17, 15) is 4.79 Å². The van der Waals surface area contributed by atoms with E-state index in [1.807, 2.05) is 43.3 Å². The molecule has 0 fully saturated rings. The van der Waals surface area contributed by atoms with Gasteiger partial charge in [-0.25, -0.2) is 4.98 Å². The number of aromatic nitrogens is 3. The topological polar surface area (TPSA) is 91.2 Å². The van der Waals surface area contributed by atoms with Gasteiger partial charge in [-0.2, -0.15) is 0 Å². The Kier molecular flexibility index (Phi) is 6.44. The van der Waals surface area contributed by atoms with Crippen LogP contribution in [-0.2, 0) is 13.0 Å². The van der Waals surface area contributed by atoms with E-state index >= 15 is 0 Å². The van der Waals surface area contributed by atoms with Crippen LogP contribution in [0.3, 0.4) is 0 Å². The van der Waals surface area contributed by atoms with E-state index in [0.29, 0.717) is 41.7 Å². The second kappa shape index (κ2) is 9.60. The standard InChI is InChI=1S/C25H25N3O4/c1-16(2)22-13-20(32-27-22)10-11-23(29)19-9-12-24(26-14-19)30-15-21-17(3)31-28-25(21)18-7-5-4-6-8-18/h4-9,12-14,16H,10-11,15H2,1-3H3. The highest BCUT2D eigenvalue weighted by Gasteiger charge is 2.16. The Hall–Kier alpha value is -3.74. The molecule has 4 rings (SSSR count). The van der Waals surface area contributed by atoms with Crippen LogP contribution in [0.4, 0.5) is 0 Å². The fourth-order valence-corrected chi connectivity index (χ4v) is 3.26. The number of ether oxygens (including phenoxy) is 1. The zero-order valence-electron chi connectivity index (χ0n) is 18.4. The second-order valence-electron chi connectivity index (χ2n) is 7.90. The van der Waals surface area contributed by atoms with E-state index in [-0.39, 0.29) is 12.4 Å². The summed E-state index contributed by atoms with van der Waals surface area (Å²) in [5.74, 6) is 2.13. The zero-order valence-corrected chi connectivity index (χ0v) is 18.4. The lowest BCUT2D eigenvalue weighted by atomic mass is 10.1. The van der Waals surface area contributed by atoms with Crippen LogP contribution in [0.1, 0.15) is 59.3 Å². The Morgan fingerprint density at radius 3 is 2.56 bits per heavy atom. The average Bonchev–Trinajstić information content (AvgIpc) is 3.44. The molecule has 0 radical (unpaired) electrons. The lowest BCUT2D eigenvalue weighted by Crippen LogP contribution is -2.03. The molecule has 0 unspecified atom stereocenters. The van der Waals surface area contributed by atoms with E-state index in [2.05, 4.69) is 29.1 Å². The Balaban J connectivity index is 1.35. The smallest absolute Gasteiger partial charge is 0.213 e. The fourth-order valence-electron chi connectivity index (χ4n) is 3.26. The van der Waals surface area contributed by atoms with Crippen molar-refractivity contribution >= 4 is 5.78 Å². The predicted octanol–water partition coefficient (Wildman–Crippen LogP) is 5.55.